The van der Waals surface area contributed by atoms with Crippen LogP contribution in [0.4, 0.5) is 0 Å². The molecule has 0 aromatic carbocycles. The Hall–Kier alpha value is -2.11. The smallest absolute Gasteiger partial charge is 0.330 e. The second-order valence-electron chi connectivity index (χ2n) is 6.59. The van der Waals surface area contributed by atoms with E-state index in [-0.39, 0.29) is 17.2 Å². The van der Waals surface area contributed by atoms with E-state index in [1.165, 1.54) is 49.2 Å². The average Bonchev–Trinajstić information content (AvgIpc) is 2.81. The van der Waals surface area contributed by atoms with Crippen LogP contribution in [0, 0.1) is 5.92 Å². The van der Waals surface area contributed by atoms with Gasteiger partial charge in [-0.1, -0.05) is 19.8 Å². The van der Waals surface area contributed by atoms with E-state index in [9.17, 15) is 14.4 Å². The molecule has 6 nitrogen and oxygen atoms in total. The summed E-state index contributed by atoms with van der Waals surface area (Å²) in [7, 11) is 3.02. The number of aryl methyl sites for hydroxylation is 1. The zero-order valence-electron chi connectivity index (χ0n) is 14.8. The van der Waals surface area contributed by atoms with Crippen LogP contribution >= 0.6 is 0 Å². The molecule has 0 aliphatic carbocycles. The molecule has 0 radical (unpaired) electrons. The fourth-order valence-electron chi connectivity index (χ4n) is 3.30. The quantitative estimate of drug-likeness (QED) is 0.785. The molecule has 0 bridgehead atoms. The van der Waals surface area contributed by atoms with Crippen LogP contribution in [0.3, 0.4) is 0 Å². The molecule has 6 heteroatoms. The van der Waals surface area contributed by atoms with Gasteiger partial charge in [0.2, 0.25) is 5.91 Å². The first-order chi connectivity index (χ1) is 11.4. The van der Waals surface area contributed by atoms with Crippen molar-refractivity contribution in [3.8, 4) is 0 Å². The Balaban J connectivity index is 2.08. The molecule has 1 atom stereocenters. The summed E-state index contributed by atoms with van der Waals surface area (Å²) in [5, 5.41) is 0. The third kappa shape index (κ3) is 4.24. The maximum Gasteiger partial charge on any atom is 0.330 e. The van der Waals surface area contributed by atoms with Crippen molar-refractivity contribution in [2.45, 2.75) is 39.0 Å². The van der Waals surface area contributed by atoms with Crippen LogP contribution in [-0.4, -0.2) is 33.0 Å². The molecule has 0 N–H and O–H groups in total. The van der Waals surface area contributed by atoms with E-state index in [1.54, 1.807) is 7.05 Å². The molecule has 0 spiro atoms. The predicted octanol–water partition coefficient (Wildman–Crippen LogP) is 1.53. The molecule has 0 unspecified atom stereocenters. The van der Waals surface area contributed by atoms with E-state index in [0.29, 0.717) is 11.5 Å². The van der Waals surface area contributed by atoms with E-state index >= 15 is 0 Å². The summed E-state index contributed by atoms with van der Waals surface area (Å²) in [6.45, 7) is 3.75. The van der Waals surface area contributed by atoms with Crippen molar-refractivity contribution in [3.05, 3.63) is 38.7 Å². The Bertz CT molecular complexity index is 730. The van der Waals surface area contributed by atoms with Crippen LogP contribution in [0.25, 0.3) is 6.08 Å². The molecule has 2 rings (SSSR count). The van der Waals surface area contributed by atoms with Crippen LogP contribution in [0.5, 0.6) is 0 Å². The number of amides is 1. The number of rotatable bonds is 4. The Morgan fingerprint density at radius 3 is 2.71 bits per heavy atom. The zero-order chi connectivity index (χ0) is 17.7. The van der Waals surface area contributed by atoms with Crippen LogP contribution in [0.1, 0.15) is 44.6 Å². The molecular formula is C18H27N3O3. The van der Waals surface area contributed by atoms with Crippen LogP contribution in [0.2, 0.25) is 0 Å². The van der Waals surface area contributed by atoms with Crippen molar-refractivity contribution in [3.63, 3.8) is 0 Å². The minimum Gasteiger partial charge on any atom is -0.339 e. The van der Waals surface area contributed by atoms with Gasteiger partial charge in [-0.3, -0.25) is 14.2 Å². The summed E-state index contributed by atoms with van der Waals surface area (Å²) in [5.74, 6) is 0.649. The van der Waals surface area contributed by atoms with Gasteiger partial charge < -0.3 is 9.47 Å². The molecule has 1 fully saturated rings. The lowest BCUT2D eigenvalue weighted by molar-refractivity contribution is -0.125. The third-order valence-corrected chi connectivity index (χ3v) is 4.73. The van der Waals surface area contributed by atoms with E-state index in [2.05, 4.69) is 6.92 Å². The maximum atomic E-state index is 12.4. The molecule has 1 saturated heterocycles. The number of aromatic nitrogens is 2. The van der Waals surface area contributed by atoms with Gasteiger partial charge in [0.25, 0.3) is 5.56 Å². The number of likely N-dealkylation sites (tertiary alicyclic amines) is 1. The summed E-state index contributed by atoms with van der Waals surface area (Å²) in [6, 6.07) is 0. The lowest BCUT2D eigenvalue weighted by atomic mass is 9.96. The van der Waals surface area contributed by atoms with Crippen molar-refractivity contribution < 1.29 is 4.79 Å². The first-order valence-corrected chi connectivity index (χ1v) is 8.67. The summed E-state index contributed by atoms with van der Waals surface area (Å²) in [4.78, 5) is 38.0. The number of carbonyl (C=O) groups is 1. The molecule has 1 amide bonds. The van der Waals surface area contributed by atoms with Gasteiger partial charge in [-0.2, -0.15) is 0 Å². The molecule has 132 valence electrons. The first kappa shape index (κ1) is 18.2. The first-order valence-electron chi connectivity index (χ1n) is 8.67. The highest BCUT2D eigenvalue weighted by atomic mass is 16.2. The molecule has 1 aromatic heterocycles. The lowest BCUT2D eigenvalue weighted by Gasteiger charge is -2.18. The van der Waals surface area contributed by atoms with Gasteiger partial charge in [-0.25, -0.2) is 4.79 Å². The molecule has 1 aromatic rings. The third-order valence-electron chi connectivity index (χ3n) is 4.73. The Morgan fingerprint density at radius 1 is 1.25 bits per heavy atom. The lowest BCUT2D eigenvalue weighted by Crippen LogP contribution is -2.37. The molecule has 0 saturated carbocycles. The molecule has 2 heterocycles. The number of hydrogen-bond acceptors (Lipinski definition) is 3. The second-order valence-corrected chi connectivity index (χ2v) is 6.59. The summed E-state index contributed by atoms with van der Waals surface area (Å²) in [5.41, 5.74) is -0.425. The average molecular weight is 333 g/mol. The topological polar surface area (TPSA) is 64.3 Å². The van der Waals surface area contributed by atoms with Gasteiger partial charge in [-0.15, -0.1) is 0 Å². The van der Waals surface area contributed by atoms with Crippen molar-refractivity contribution in [2.75, 3.05) is 13.1 Å². The van der Waals surface area contributed by atoms with Crippen molar-refractivity contribution in [1.82, 2.24) is 14.0 Å². The Morgan fingerprint density at radius 2 is 2.00 bits per heavy atom. The highest BCUT2D eigenvalue weighted by Gasteiger charge is 2.18. The molecule has 1 aliphatic heterocycles. The minimum absolute atomic E-state index is 0.0666. The van der Waals surface area contributed by atoms with Crippen molar-refractivity contribution >= 4 is 12.0 Å². The van der Waals surface area contributed by atoms with Gasteiger partial charge in [-0.05, 0) is 31.3 Å². The monoisotopic (exact) mass is 333 g/mol. The van der Waals surface area contributed by atoms with Gasteiger partial charge in [0, 0.05) is 39.5 Å². The van der Waals surface area contributed by atoms with Crippen molar-refractivity contribution in [1.29, 1.82) is 0 Å². The van der Waals surface area contributed by atoms with Crippen LogP contribution < -0.4 is 11.2 Å². The fourth-order valence-corrected chi connectivity index (χ4v) is 3.30. The Labute approximate surface area is 142 Å². The molecule has 1 aliphatic rings. The van der Waals surface area contributed by atoms with E-state index in [1.807, 2.05) is 4.90 Å². The van der Waals surface area contributed by atoms with E-state index < -0.39 is 0 Å². The van der Waals surface area contributed by atoms with Crippen LogP contribution in [-0.2, 0) is 18.9 Å². The van der Waals surface area contributed by atoms with Gasteiger partial charge >= 0.3 is 5.69 Å². The van der Waals surface area contributed by atoms with Gasteiger partial charge in [0.1, 0.15) is 0 Å². The summed E-state index contributed by atoms with van der Waals surface area (Å²) in [6.07, 6.45) is 10.1. The second kappa shape index (κ2) is 8.13. The number of hydrogen-bond donors (Lipinski definition) is 0. The standard InChI is InChI=1S/C18H27N3O3/c1-4-6-14-7-5-11-21(12-10-14)16(22)9-8-15-13-19(2)18(24)20(3)17(15)23/h8-9,13-14H,4-7,10-12H2,1-3H3/b9-8+/t14-/m1/s1. The number of carbonyl (C=O) groups excluding carboxylic acids is 1. The zero-order valence-corrected chi connectivity index (χ0v) is 14.8. The molecule has 24 heavy (non-hydrogen) atoms. The molecular weight excluding hydrogens is 306 g/mol. The van der Waals surface area contributed by atoms with Gasteiger partial charge in [0.05, 0.1) is 5.56 Å². The highest BCUT2D eigenvalue weighted by Crippen LogP contribution is 2.22. The highest BCUT2D eigenvalue weighted by molar-refractivity contribution is 5.91. The summed E-state index contributed by atoms with van der Waals surface area (Å²) >= 11 is 0. The van der Waals surface area contributed by atoms with Crippen molar-refractivity contribution in [2.24, 2.45) is 20.0 Å². The van der Waals surface area contributed by atoms with E-state index in [0.717, 1.165) is 30.5 Å². The van der Waals surface area contributed by atoms with Crippen LogP contribution in [0.15, 0.2) is 21.9 Å². The van der Waals surface area contributed by atoms with E-state index in [4.69, 9.17) is 0 Å². The fraction of sp³-hybridized carbons (Fsp3) is 0.611. The normalized spacial score (nSPS) is 18.8. The number of nitrogens with zero attached hydrogens (tertiary/aromatic N) is 3. The maximum absolute atomic E-state index is 12.4. The van der Waals surface area contributed by atoms with Gasteiger partial charge in [0.15, 0.2) is 0 Å². The summed E-state index contributed by atoms with van der Waals surface area (Å²) < 4.78 is 2.39. The Kier molecular flexibility index (Phi) is 6.17. The predicted molar refractivity (Wildman–Crippen MR) is 94.8 cm³/mol. The largest absolute Gasteiger partial charge is 0.339 e. The minimum atomic E-state index is -0.388. The SMILES string of the molecule is CCC[C@@H]1CCCN(C(=O)/C=C/c2cn(C)c(=O)n(C)c2=O)CC1.